The van der Waals surface area contributed by atoms with Crippen molar-refractivity contribution >= 4 is 21.5 Å². The van der Waals surface area contributed by atoms with Crippen LogP contribution in [0.4, 0.5) is 0 Å². The summed E-state index contributed by atoms with van der Waals surface area (Å²) in [6.45, 7) is 27.6. The number of halogens is 2. The number of aryl methyl sites for hydroxylation is 2. The molecule has 0 amide bonds. The Bertz CT molecular complexity index is 2070. The molecule has 0 spiro atoms. The van der Waals surface area contributed by atoms with Crippen molar-refractivity contribution in [1.29, 1.82) is 0 Å². The van der Waals surface area contributed by atoms with E-state index in [0.717, 1.165) is 19.4 Å². The van der Waals surface area contributed by atoms with E-state index in [1.807, 2.05) is 0 Å². The number of rotatable bonds is 10. The van der Waals surface area contributed by atoms with Crippen LogP contribution in [0.3, 0.4) is 0 Å². The van der Waals surface area contributed by atoms with Crippen LogP contribution in [-0.4, -0.2) is 12.2 Å². The Morgan fingerprint density at radius 2 is 1.09 bits per heavy atom. The normalized spacial score (nSPS) is 11.8. The van der Waals surface area contributed by atoms with Gasteiger partial charge < -0.3 is 29.6 Å². The number of ether oxygens (including phenoxy) is 1. The van der Waals surface area contributed by atoms with Gasteiger partial charge in [0.1, 0.15) is 0 Å². The van der Waals surface area contributed by atoms with Crippen molar-refractivity contribution in [2.45, 2.75) is 138 Å². The van der Waals surface area contributed by atoms with Crippen LogP contribution in [0.2, 0.25) is 0 Å². The second kappa shape index (κ2) is 21.0. The minimum absolute atomic E-state index is 0. The fourth-order valence-corrected chi connectivity index (χ4v) is 7.39. The Labute approximate surface area is 372 Å². The largest absolute Gasteiger partial charge is 4.00 e. The summed E-state index contributed by atoms with van der Waals surface area (Å²) in [6, 6.07) is 38.7. The van der Waals surface area contributed by atoms with Gasteiger partial charge in [-0.05, 0) is 66.2 Å². The molecular weight excluding hydrogens is 803 g/mol. The topological polar surface area (TPSA) is 9.23 Å². The Hall–Kier alpha value is -2.48. The molecule has 0 bridgehead atoms. The first-order chi connectivity index (χ1) is 24.9. The Kier molecular flexibility index (Phi) is 18.6. The standard InChI is InChI=1S/C30H41O.C22H25.2ClH.Zr/c1-22-21-24-13-12-15-27(23-16-18-25(19-17-23)29(2,3)4)28(24)26(22)14-10-8-9-11-20-31-30(5,6)7;1-15(2)18-13-17-7-6-8-20(21(17)14-18)16-9-11-19(12-10-16)22(3,4)5;;;/h12-13,15-19,21H,8-11,14,20H2,1-7H3;6-15H,1-5H3;2*1H;/q2*-1;;;+4/p-2. The molecule has 0 radical (unpaired) electrons. The van der Waals surface area contributed by atoms with Crippen molar-refractivity contribution < 1.29 is 55.8 Å². The first-order valence-electron chi connectivity index (χ1n) is 20.2. The maximum atomic E-state index is 5.85. The molecule has 0 aliphatic heterocycles. The van der Waals surface area contributed by atoms with E-state index in [1.54, 1.807) is 0 Å². The average molecular weight is 869 g/mol. The Morgan fingerprint density at radius 1 is 0.589 bits per heavy atom. The third-order valence-electron chi connectivity index (χ3n) is 10.7. The van der Waals surface area contributed by atoms with E-state index in [2.05, 4.69) is 186 Å². The van der Waals surface area contributed by atoms with Crippen LogP contribution in [0.25, 0.3) is 43.8 Å². The third kappa shape index (κ3) is 13.0. The fraction of sp³-hybridized carbons (Fsp3) is 0.423. The van der Waals surface area contributed by atoms with Gasteiger partial charge >= 0.3 is 26.2 Å². The van der Waals surface area contributed by atoms with Crippen molar-refractivity contribution in [2.75, 3.05) is 6.61 Å². The summed E-state index contributed by atoms with van der Waals surface area (Å²) in [5.41, 5.74) is 12.9. The monoisotopic (exact) mass is 866 g/mol. The summed E-state index contributed by atoms with van der Waals surface area (Å²) >= 11 is 0. The minimum atomic E-state index is -0.0210. The van der Waals surface area contributed by atoms with Gasteiger partial charge in [0.15, 0.2) is 0 Å². The van der Waals surface area contributed by atoms with Gasteiger partial charge in [0, 0.05) is 6.61 Å². The van der Waals surface area contributed by atoms with Crippen LogP contribution in [0.15, 0.2) is 103 Å². The first kappa shape index (κ1) is 49.7. The van der Waals surface area contributed by atoms with Gasteiger partial charge in [-0.15, -0.1) is 74.6 Å². The second-order valence-electron chi connectivity index (χ2n) is 18.6. The maximum Gasteiger partial charge on any atom is 4.00 e. The number of unbranched alkanes of at least 4 members (excludes halogenated alkanes) is 3. The van der Waals surface area contributed by atoms with Crippen molar-refractivity contribution in [3.8, 4) is 22.3 Å². The SMILES string of the molecule is CC(C)c1cc2c(-c3ccc(C(C)(C)C)cc3)cccc2[cH-]1.Cc1[cH-]c2cccc(-c3ccc(C(C)(C)C)cc3)c2c1CCCCCCOC(C)(C)C.[Cl-].[Cl-].[Zr+4]. The van der Waals surface area contributed by atoms with Gasteiger partial charge in [0.25, 0.3) is 0 Å². The van der Waals surface area contributed by atoms with E-state index in [9.17, 15) is 0 Å². The van der Waals surface area contributed by atoms with Crippen LogP contribution in [0.5, 0.6) is 0 Å². The molecule has 4 heteroatoms. The van der Waals surface area contributed by atoms with E-state index in [-0.39, 0.29) is 67.4 Å². The van der Waals surface area contributed by atoms with Crippen molar-refractivity contribution in [3.63, 3.8) is 0 Å². The van der Waals surface area contributed by atoms with Crippen LogP contribution in [0.1, 0.15) is 136 Å². The van der Waals surface area contributed by atoms with Gasteiger partial charge in [-0.25, -0.2) is 0 Å². The molecule has 0 aromatic heterocycles. The first-order valence-corrected chi connectivity index (χ1v) is 20.2. The molecule has 6 aromatic carbocycles. The molecule has 56 heavy (non-hydrogen) atoms. The maximum absolute atomic E-state index is 5.85. The van der Waals surface area contributed by atoms with Gasteiger partial charge in [0.2, 0.25) is 0 Å². The van der Waals surface area contributed by atoms with Crippen LogP contribution in [0, 0.1) is 6.92 Å². The number of hydrogen-bond donors (Lipinski definition) is 0. The smallest absolute Gasteiger partial charge is 1.00 e. The molecule has 6 aromatic rings. The van der Waals surface area contributed by atoms with Crippen molar-refractivity contribution in [3.05, 3.63) is 131 Å². The number of hydrogen-bond acceptors (Lipinski definition) is 1. The summed E-state index contributed by atoms with van der Waals surface area (Å²) in [5.74, 6) is 0.573. The summed E-state index contributed by atoms with van der Waals surface area (Å²) in [7, 11) is 0. The van der Waals surface area contributed by atoms with Crippen molar-refractivity contribution in [1.82, 2.24) is 0 Å². The van der Waals surface area contributed by atoms with Gasteiger partial charge in [-0.1, -0.05) is 160 Å². The van der Waals surface area contributed by atoms with Gasteiger partial charge in [-0.2, -0.15) is 6.07 Å². The summed E-state index contributed by atoms with van der Waals surface area (Å²) in [6.07, 6.45) is 6.07. The average Bonchev–Trinajstić information content (AvgIpc) is 3.68. The molecule has 0 aliphatic rings. The zero-order valence-corrected chi connectivity index (χ0v) is 40.3. The summed E-state index contributed by atoms with van der Waals surface area (Å²) < 4.78 is 5.85. The molecule has 0 saturated heterocycles. The molecule has 0 aliphatic carbocycles. The molecule has 0 fully saturated rings. The minimum Gasteiger partial charge on any atom is -1.00 e. The number of fused-ring (bicyclic) bond motifs is 2. The second-order valence-corrected chi connectivity index (χ2v) is 18.6. The zero-order valence-electron chi connectivity index (χ0n) is 36.3. The molecule has 0 N–H and O–H groups in total. The van der Waals surface area contributed by atoms with Gasteiger partial charge in [-0.3, -0.25) is 0 Å². The molecule has 6 rings (SSSR count). The molecule has 0 atom stereocenters. The van der Waals surface area contributed by atoms with Crippen LogP contribution >= 0.6 is 0 Å². The molecular formula is C52H66Cl2OZr. The van der Waals surface area contributed by atoms with Crippen LogP contribution in [-0.2, 0) is 48.2 Å². The summed E-state index contributed by atoms with van der Waals surface area (Å²) in [4.78, 5) is 0. The van der Waals surface area contributed by atoms with Crippen LogP contribution < -0.4 is 24.8 Å². The van der Waals surface area contributed by atoms with Gasteiger partial charge in [0.05, 0.1) is 5.60 Å². The predicted octanol–water partition coefficient (Wildman–Crippen LogP) is 9.40. The quantitative estimate of drug-likeness (QED) is 0.0986. The van der Waals surface area contributed by atoms with E-state index in [0.29, 0.717) is 5.92 Å². The molecule has 1 nitrogen and oxygen atoms in total. The summed E-state index contributed by atoms with van der Waals surface area (Å²) in [5, 5.41) is 5.55. The van der Waals surface area contributed by atoms with E-state index >= 15 is 0 Å². The molecule has 298 valence electrons. The fourth-order valence-electron chi connectivity index (χ4n) is 7.39. The molecule has 0 saturated carbocycles. The number of benzene rings is 4. The van der Waals surface area contributed by atoms with E-state index < -0.39 is 0 Å². The Balaban J connectivity index is 0.000000385. The zero-order chi connectivity index (χ0) is 38.6. The predicted molar refractivity (Wildman–Crippen MR) is 234 cm³/mol. The van der Waals surface area contributed by atoms with Crippen molar-refractivity contribution in [2.24, 2.45) is 0 Å². The third-order valence-corrected chi connectivity index (χ3v) is 10.7. The Morgan fingerprint density at radius 3 is 1.61 bits per heavy atom. The van der Waals surface area contributed by atoms with E-state index in [4.69, 9.17) is 4.74 Å². The van der Waals surface area contributed by atoms with E-state index in [1.165, 1.54) is 90.9 Å². The molecule has 0 heterocycles. The molecule has 0 unspecified atom stereocenters.